The fourth-order valence-corrected chi connectivity index (χ4v) is 3.42. The highest BCUT2D eigenvalue weighted by molar-refractivity contribution is 5.82. The Morgan fingerprint density at radius 3 is 2.92 bits per heavy atom. The van der Waals surface area contributed by atoms with E-state index in [1.807, 2.05) is 49.5 Å². The minimum Gasteiger partial charge on any atom is -0.497 e. The first-order valence-electron chi connectivity index (χ1n) is 8.52. The van der Waals surface area contributed by atoms with Gasteiger partial charge in [0.25, 0.3) is 5.56 Å². The lowest BCUT2D eigenvalue weighted by atomic mass is 9.90. The molecule has 0 atom stereocenters. The molecule has 0 amide bonds. The van der Waals surface area contributed by atoms with Crippen molar-refractivity contribution < 1.29 is 4.74 Å². The van der Waals surface area contributed by atoms with Gasteiger partial charge in [-0.1, -0.05) is 18.2 Å². The van der Waals surface area contributed by atoms with Crippen LogP contribution in [0.15, 0.2) is 47.4 Å². The number of ether oxygens (including phenoxy) is 1. The highest BCUT2D eigenvalue weighted by Gasteiger charge is 2.20. The summed E-state index contributed by atoms with van der Waals surface area (Å²) in [5, 5.41) is 0. The molecule has 0 bridgehead atoms. The Labute approximate surface area is 146 Å². The second kappa shape index (κ2) is 6.20. The predicted molar refractivity (Wildman–Crippen MR) is 100 cm³/mol. The number of hydrogen-bond donors (Lipinski definition) is 0. The average molecular weight is 332 g/mol. The van der Waals surface area contributed by atoms with Crippen LogP contribution in [0.2, 0.25) is 0 Å². The van der Waals surface area contributed by atoms with Crippen LogP contribution >= 0.6 is 0 Å². The number of rotatable bonds is 2. The molecule has 4 nitrogen and oxygen atoms in total. The molecular formula is C21H20N2O2. The summed E-state index contributed by atoms with van der Waals surface area (Å²) in [4.78, 5) is 17.7. The second-order valence-corrected chi connectivity index (χ2v) is 6.48. The van der Waals surface area contributed by atoms with Gasteiger partial charge in [0.15, 0.2) is 0 Å². The molecule has 4 heteroatoms. The van der Waals surface area contributed by atoms with E-state index in [1.54, 1.807) is 11.5 Å². The van der Waals surface area contributed by atoms with Gasteiger partial charge in [-0.05, 0) is 67.2 Å². The van der Waals surface area contributed by atoms with Crippen LogP contribution in [-0.4, -0.2) is 16.5 Å². The largest absolute Gasteiger partial charge is 0.497 e. The number of nitrogens with zero attached hydrogens (tertiary/aromatic N) is 2. The van der Waals surface area contributed by atoms with Crippen LogP contribution in [0, 0.1) is 6.92 Å². The van der Waals surface area contributed by atoms with Gasteiger partial charge in [0.1, 0.15) is 11.4 Å². The number of fused-ring (bicyclic) bond motifs is 2. The molecule has 0 N–H and O–H groups in total. The summed E-state index contributed by atoms with van der Waals surface area (Å²) in [6.45, 7) is 1.99. The highest BCUT2D eigenvalue weighted by Crippen LogP contribution is 2.30. The molecule has 3 aromatic rings. The van der Waals surface area contributed by atoms with Crippen molar-refractivity contribution in [1.82, 2.24) is 9.38 Å². The number of allylic oxidation sites excluding steroid dienone is 1. The molecule has 1 aliphatic carbocycles. The summed E-state index contributed by atoms with van der Waals surface area (Å²) in [7, 11) is 1.67. The zero-order valence-corrected chi connectivity index (χ0v) is 14.5. The van der Waals surface area contributed by atoms with Crippen LogP contribution < -0.4 is 10.3 Å². The first-order valence-corrected chi connectivity index (χ1v) is 8.52. The Hall–Kier alpha value is -2.88. The maximum Gasteiger partial charge on any atom is 0.261 e. The van der Waals surface area contributed by atoms with Crippen molar-refractivity contribution in [2.75, 3.05) is 7.11 Å². The lowest BCUT2D eigenvalue weighted by molar-refractivity contribution is 0.414. The van der Waals surface area contributed by atoms with Gasteiger partial charge in [0, 0.05) is 11.8 Å². The third kappa shape index (κ3) is 2.84. The maximum absolute atomic E-state index is 12.9. The standard InChI is InChI=1S/C21H20N2O2/c1-14-9-10-19-22-20-16(11-15-5-3-7-17(12-15)25-2)6-4-8-18(20)21(24)23(19)13-14/h3,5,7,9-13H,4,6,8H2,1-2H3. The van der Waals surface area contributed by atoms with Gasteiger partial charge in [0.2, 0.25) is 0 Å². The summed E-state index contributed by atoms with van der Waals surface area (Å²) in [5.41, 5.74) is 5.67. The molecule has 0 fully saturated rings. The Balaban J connectivity index is 1.89. The van der Waals surface area contributed by atoms with E-state index in [1.165, 1.54) is 0 Å². The predicted octanol–water partition coefficient (Wildman–Crippen LogP) is 3.89. The number of hydrogen-bond acceptors (Lipinski definition) is 3. The van der Waals surface area contributed by atoms with E-state index in [4.69, 9.17) is 9.72 Å². The van der Waals surface area contributed by atoms with Crippen LogP contribution in [0.1, 0.15) is 35.2 Å². The van der Waals surface area contributed by atoms with E-state index in [-0.39, 0.29) is 5.56 Å². The lowest BCUT2D eigenvalue weighted by Crippen LogP contribution is -2.24. The van der Waals surface area contributed by atoms with Gasteiger partial charge in [-0.15, -0.1) is 0 Å². The van der Waals surface area contributed by atoms with Crippen LogP contribution in [0.4, 0.5) is 0 Å². The topological polar surface area (TPSA) is 43.6 Å². The van der Waals surface area contributed by atoms with E-state index in [2.05, 4.69) is 6.08 Å². The molecular weight excluding hydrogens is 312 g/mol. The van der Waals surface area contributed by atoms with E-state index < -0.39 is 0 Å². The van der Waals surface area contributed by atoms with Crippen LogP contribution in [-0.2, 0) is 6.42 Å². The first-order chi connectivity index (χ1) is 12.2. The zero-order valence-electron chi connectivity index (χ0n) is 14.5. The summed E-state index contributed by atoms with van der Waals surface area (Å²) < 4.78 is 6.97. The number of pyridine rings is 1. The van der Waals surface area contributed by atoms with Gasteiger partial charge in [-0.3, -0.25) is 9.20 Å². The Kier molecular flexibility index (Phi) is 3.88. The van der Waals surface area contributed by atoms with Gasteiger partial charge >= 0.3 is 0 Å². The Morgan fingerprint density at radius 2 is 2.08 bits per heavy atom. The molecule has 4 rings (SSSR count). The molecule has 0 saturated heterocycles. The molecule has 2 aromatic heterocycles. The van der Waals surface area contributed by atoms with Crippen LogP contribution in [0.25, 0.3) is 17.3 Å². The zero-order chi connectivity index (χ0) is 17.4. The monoisotopic (exact) mass is 332 g/mol. The van der Waals surface area contributed by atoms with Crippen molar-refractivity contribution in [2.24, 2.45) is 0 Å². The maximum atomic E-state index is 12.9. The van der Waals surface area contributed by atoms with Crippen molar-refractivity contribution in [3.63, 3.8) is 0 Å². The normalized spacial score (nSPS) is 15.4. The lowest BCUT2D eigenvalue weighted by Gasteiger charge is -2.18. The molecule has 0 unspecified atom stereocenters. The SMILES string of the molecule is COc1cccc(C=C2CCCc3c2nc2ccc(C)cn2c3=O)c1. The van der Waals surface area contributed by atoms with E-state index in [9.17, 15) is 4.79 Å². The third-order valence-electron chi connectivity index (χ3n) is 4.68. The summed E-state index contributed by atoms with van der Waals surface area (Å²) >= 11 is 0. The molecule has 25 heavy (non-hydrogen) atoms. The molecule has 0 saturated carbocycles. The van der Waals surface area contributed by atoms with Crippen molar-refractivity contribution in [3.8, 4) is 5.75 Å². The average Bonchev–Trinajstić information content (AvgIpc) is 2.63. The smallest absolute Gasteiger partial charge is 0.261 e. The minimum atomic E-state index is 0.0555. The Bertz CT molecular complexity index is 1050. The van der Waals surface area contributed by atoms with Crippen molar-refractivity contribution in [1.29, 1.82) is 0 Å². The van der Waals surface area contributed by atoms with Gasteiger partial charge in [0.05, 0.1) is 12.8 Å². The fraction of sp³-hybridized carbons (Fsp3) is 0.238. The summed E-state index contributed by atoms with van der Waals surface area (Å²) in [6.07, 6.45) is 6.67. The Morgan fingerprint density at radius 1 is 1.20 bits per heavy atom. The number of benzene rings is 1. The number of methoxy groups -OCH3 is 1. The van der Waals surface area contributed by atoms with E-state index >= 15 is 0 Å². The van der Waals surface area contributed by atoms with Gasteiger partial charge in [-0.25, -0.2) is 4.98 Å². The number of aryl methyl sites for hydroxylation is 1. The van der Waals surface area contributed by atoms with Crippen molar-refractivity contribution in [3.05, 3.63) is 75.3 Å². The van der Waals surface area contributed by atoms with Crippen molar-refractivity contribution >= 4 is 17.3 Å². The molecule has 2 heterocycles. The second-order valence-electron chi connectivity index (χ2n) is 6.48. The summed E-state index contributed by atoms with van der Waals surface area (Å²) in [5.74, 6) is 0.826. The third-order valence-corrected chi connectivity index (χ3v) is 4.68. The minimum absolute atomic E-state index is 0.0555. The highest BCUT2D eigenvalue weighted by atomic mass is 16.5. The molecule has 0 aliphatic heterocycles. The molecule has 1 aromatic carbocycles. The quantitative estimate of drug-likeness (QED) is 0.715. The molecule has 0 radical (unpaired) electrons. The summed E-state index contributed by atoms with van der Waals surface area (Å²) in [6, 6.07) is 11.8. The first kappa shape index (κ1) is 15.6. The van der Waals surface area contributed by atoms with E-state index in [0.717, 1.165) is 53.0 Å². The molecule has 1 aliphatic rings. The number of aromatic nitrogens is 2. The fourth-order valence-electron chi connectivity index (χ4n) is 3.42. The van der Waals surface area contributed by atoms with Gasteiger partial charge < -0.3 is 4.74 Å². The van der Waals surface area contributed by atoms with Crippen LogP contribution in [0.5, 0.6) is 5.75 Å². The van der Waals surface area contributed by atoms with Crippen molar-refractivity contribution in [2.45, 2.75) is 26.2 Å². The van der Waals surface area contributed by atoms with Crippen LogP contribution in [0.3, 0.4) is 0 Å². The van der Waals surface area contributed by atoms with E-state index in [0.29, 0.717) is 5.65 Å². The van der Waals surface area contributed by atoms with Gasteiger partial charge in [-0.2, -0.15) is 0 Å². The molecule has 126 valence electrons. The molecule has 0 spiro atoms.